The minimum atomic E-state index is -0.582. The van der Waals surface area contributed by atoms with Crippen molar-refractivity contribution >= 4 is 23.9 Å². The first kappa shape index (κ1) is 54.9. The molecule has 2 aromatic rings. The number of carbonyl (C=O) groups is 4. The SMILES string of the molecule is CC1(C)CC(OC(=O)c2cccc(C(=O)OC3CC(C)(C)N(O)C(C)(C)C3)c2)CC(C)(C)N1O.CC1(C)CC(OC(=O)c2ccccc2C(=O)OC2CC(C)(C)N(O)C(C)(C)C2)CC(C)(C)N1O. The van der Waals surface area contributed by atoms with Crippen LogP contribution in [0.25, 0.3) is 0 Å². The van der Waals surface area contributed by atoms with Crippen LogP contribution < -0.4 is 0 Å². The van der Waals surface area contributed by atoms with Crippen LogP contribution in [0.3, 0.4) is 0 Å². The summed E-state index contributed by atoms with van der Waals surface area (Å²) in [6, 6.07) is 12.9. The van der Waals surface area contributed by atoms with Crippen molar-refractivity contribution in [2.45, 2.75) is 231 Å². The Morgan fingerprint density at radius 1 is 0.368 bits per heavy atom. The molecule has 4 fully saturated rings. The van der Waals surface area contributed by atoms with Crippen LogP contribution in [0.15, 0.2) is 48.5 Å². The van der Waals surface area contributed by atoms with Gasteiger partial charge in [0.1, 0.15) is 24.4 Å². The zero-order valence-electron chi connectivity index (χ0n) is 43.4. The van der Waals surface area contributed by atoms with Gasteiger partial charge < -0.3 is 39.8 Å². The maximum atomic E-state index is 13.1. The summed E-state index contributed by atoms with van der Waals surface area (Å²) in [7, 11) is 0. The van der Waals surface area contributed by atoms with Gasteiger partial charge in [0.05, 0.1) is 22.3 Å². The topological polar surface area (TPSA) is 199 Å². The Bertz CT molecular complexity index is 1960. The molecule has 4 aliphatic heterocycles. The smallest absolute Gasteiger partial charge is 0.339 e. The maximum absolute atomic E-state index is 13.1. The monoisotopic (exact) mass is 953 g/mol. The van der Waals surface area contributed by atoms with E-state index in [9.17, 15) is 40.0 Å². The molecule has 4 aliphatic rings. The van der Waals surface area contributed by atoms with E-state index < -0.39 is 80.4 Å². The van der Waals surface area contributed by atoms with Crippen molar-refractivity contribution in [3.05, 3.63) is 70.8 Å². The minimum absolute atomic E-state index is 0.160. The van der Waals surface area contributed by atoms with Gasteiger partial charge in [-0.3, -0.25) is 0 Å². The average molecular weight is 953 g/mol. The van der Waals surface area contributed by atoms with Crippen LogP contribution in [0.5, 0.6) is 0 Å². The fraction of sp³-hybridized carbons (Fsp3) is 0.692. The predicted molar refractivity (Wildman–Crippen MR) is 254 cm³/mol. The van der Waals surface area contributed by atoms with E-state index in [4.69, 9.17) is 18.9 Å². The molecular weight excluding hydrogens is 873 g/mol. The van der Waals surface area contributed by atoms with E-state index in [1.165, 1.54) is 26.3 Å². The van der Waals surface area contributed by atoms with Crippen LogP contribution in [0.1, 0.15) is 204 Å². The first-order chi connectivity index (χ1) is 30.9. The van der Waals surface area contributed by atoms with Crippen molar-refractivity contribution in [2.24, 2.45) is 0 Å². The molecule has 380 valence electrons. The summed E-state index contributed by atoms with van der Waals surface area (Å²) in [5, 5.41) is 47.3. The van der Waals surface area contributed by atoms with Gasteiger partial charge in [0.2, 0.25) is 0 Å². The third kappa shape index (κ3) is 12.3. The Hall–Kier alpha value is -4.00. The van der Waals surface area contributed by atoms with Gasteiger partial charge in [0.15, 0.2) is 0 Å². The number of benzene rings is 2. The van der Waals surface area contributed by atoms with Crippen molar-refractivity contribution in [3.63, 3.8) is 0 Å². The second-order valence-electron chi connectivity index (χ2n) is 24.6. The van der Waals surface area contributed by atoms with Crippen LogP contribution in [-0.4, -0.2) is 134 Å². The molecule has 6 rings (SSSR count). The number of hydrogen-bond donors (Lipinski definition) is 4. The quantitative estimate of drug-likeness (QED) is 0.144. The van der Waals surface area contributed by atoms with Crippen molar-refractivity contribution in [3.8, 4) is 0 Å². The number of nitrogens with zero attached hydrogens (tertiary/aromatic N) is 4. The predicted octanol–water partition coefficient (Wildman–Crippen LogP) is 9.64. The lowest BCUT2D eigenvalue weighted by atomic mass is 9.80. The van der Waals surface area contributed by atoms with Crippen LogP contribution in [-0.2, 0) is 18.9 Å². The second kappa shape index (κ2) is 19.3. The summed E-state index contributed by atoms with van der Waals surface area (Å²) in [4.78, 5) is 52.1. The number of carbonyl (C=O) groups excluding carboxylic acids is 4. The molecule has 0 saturated carbocycles. The van der Waals surface area contributed by atoms with Crippen molar-refractivity contribution in [2.75, 3.05) is 0 Å². The summed E-state index contributed by atoms with van der Waals surface area (Å²) < 4.78 is 23.2. The van der Waals surface area contributed by atoms with Gasteiger partial charge in [0, 0.05) is 95.7 Å². The number of rotatable bonds is 8. The standard InChI is InChI=1S/2C26H40N2O6/c1-23(2)13-19(14-24(3,4)27(23)31)33-21(29)17-10-9-11-18(12-17)22(30)34-20-15-25(5,6)28(32)26(7,8)16-20;1-23(2)13-17(14-24(3,4)27(23)31)33-21(29)19-11-9-10-12-20(19)22(30)34-18-15-25(5,6)28(32)26(7,8)16-18/h9-12,19-20,31-32H,13-16H2,1-8H3;9-12,17-18,31-32H,13-16H2,1-8H3. The van der Waals surface area contributed by atoms with E-state index in [1.807, 2.05) is 111 Å². The molecule has 0 unspecified atom stereocenters. The van der Waals surface area contributed by atoms with Gasteiger partial charge in [0.25, 0.3) is 0 Å². The minimum Gasteiger partial charge on any atom is -0.459 e. The lowest BCUT2D eigenvalue weighted by Crippen LogP contribution is -2.60. The molecule has 0 amide bonds. The van der Waals surface area contributed by atoms with Crippen molar-refractivity contribution < 1.29 is 59.0 Å². The van der Waals surface area contributed by atoms with Gasteiger partial charge >= 0.3 is 23.9 Å². The summed E-state index contributed by atoms with van der Waals surface area (Å²) in [5.41, 5.74) is -3.52. The van der Waals surface area contributed by atoms with E-state index >= 15 is 0 Å². The molecule has 2 aromatic carbocycles. The molecule has 0 aromatic heterocycles. The largest absolute Gasteiger partial charge is 0.459 e. The molecule has 4 heterocycles. The van der Waals surface area contributed by atoms with Crippen molar-refractivity contribution in [1.82, 2.24) is 20.3 Å². The molecule has 0 radical (unpaired) electrons. The number of ether oxygens (including phenoxy) is 4. The number of esters is 4. The summed E-state index contributed by atoms with van der Waals surface area (Å²) in [6.07, 6.45) is 2.33. The van der Waals surface area contributed by atoms with Crippen molar-refractivity contribution in [1.29, 1.82) is 0 Å². The lowest BCUT2D eigenvalue weighted by molar-refractivity contribution is -0.257. The van der Waals surface area contributed by atoms with E-state index in [2.05, 4.69) is 0 Å². The Morgan fingerprint density at radius 3 is 0.794 bits per heavy atom. The molecule has 0 bridgehead atoms. The Labute approximate surface area is 403 Å². The highest BCUT2D eigenvalue weighted by Crippen LogP contribution is 2.42. The van der Waals surface area contributed by atoms with Crippen LogP contribution in [0.4, 0.5) is 0 Å². The van der Waals surface area contributed by atoms with Crippen LogP contribution in [0, 0.1) is 0 Å². The van der Waals surface area contributed by atoms with E-state index in [0.717, 1.165) is 0 Å². The van der Waals surface area contributed by atoms with Gasteiger partial charge in [-0.1, -0.05) is 18.2 Å². The Kier molecular flexibility index (Phi) is 15.6. The molecule has 16 heteroatoms. The molecule has 16 nitrogen and oxygen atoms in total. The summed E-state index contributed by atoms with van der Waals surface area (Å²) in [6.45, 7) is 30.5. The van der Waals surface area contributed by atoms with Gasteiger partial charge in [-0.2, -0.15) is 20.3 Å². The van der Waals surface area contributed by atoms with Gasteiger partial charge in [-0.15, -0.1) is 0 Å². The zero-order valence-corrected chi connectivity index (χ0v) is 43.4. The number of hydroxylamine groups is 8. The molecular formula is C52H80N4O12. The van der Waals surface area contributed by atoms with Crippen LogP contribution >= 0.6 is 0 Å². The normalized spacial score (nSPS) is 25.0. The Morgan fingerprint density at radius 2 is 0.574 bits per heavy atom. The molecule has 0 spiro atoms. The number of hydrogen-bond acceptors (Lipinski definition) is 16. The third-order valence-corrected chi connectivity index (χ3v) is 14.2. The zero-order chi connectivity index (χ0) is 51.4. The van der Waals surface area contributed by atoms with Crippen LogP contribution in [0.2, 0.25) is 0 Å². The average Bonchev–Trinajstić information content (AvgIpc) is 3.19. The summed E-state index contributed by atoms with van der Waals surface area (Å²) in [5.74, 6) is -2.18. The fourth-order valence-electron chi connectivity index (χ4n) is 11.5. The fourth-order valence-corrected chi connectivity index (χ4v) is 11.5. The first-order valence-electron chi connectivity index (χ1n) is 23.9. The molecule has 0 aliphatic carbocycles. The van der Waals surface area contributed by atoms with Gasteiger partial charge in [-0.05, 0) is 141 Å². The second-order valence-corrected chi connectivity index (χ2v) is 24.6. The highest BCUT2D eigenvalue weighted by Gasteiger charge is 2.50. The molecule has 0 atom stereocenters. The van der Waals surface area contributed by atoms with E-state index in [0.29, 0.717) is 51.4 Å². The maximum Gasteiger partial charge on any atom is 0.339 e. The lowest BCUT2D eigenvalue weighted by Gasteiger charge is -2.51. The Balaban J connectivity index is 0.000000254. The highest BCUT2D eigenvalue weighted by molar-refractivity contribution is 6.03. The molecule has 68 heavy (non-hydrogen) atoms. The highest BCUT2D eigenvalue weighted by atomic mass is 16.6. The van der Waals surface area contributed by atoms with E-state index in [1.54, 1.807) is 42.5 Å². The molecule has 4 saturated heterocycles. The van der Waals surface area contributed by atoms with E-state index in [-0.39, 0.29) is 34.5 Å². The number of piperidine rings is 4. The third-order valence-electron chi connectivity index (χ3n) is 14.2. The molecule has 4 N–H and O–H groups in total. The first-order valence-corrected chi connectivity index (χ1v) is 23.9. The summed E-state index contributed by atoms with van der Waals surface area (Å²) >= 11 is 0. The van der Waals surface area contributed by atoms with Gasteiger partial charge in [-0.25, -0.2) is 19.2 Å².